The summed E-state index contributed by atoms with van der Waals surface area (Å²) in [5.74, 6) is -6.05. The van der Waals surface area contributed by atoms with Crippen LogP contribution in [-0.4, -0.2) is 43.5 Å². The number of aromatic amines is 1. The fraction of sp³-hybridized carbons (Fsp3) is 0.391. The molecule has 4 rings (SSSR count). The number of fused-ring (bicyclic) bond motifs is 1. The normalized spacial score (nSPS) is 24.4. The highest BCUT2D eigenvalue weighted by molar-refractivity contribution is 7.92. The zero-order valence-corrected chi connectivity index (χ0v) is 20.7. The van der Waals surface area contributed by atoms with Gasteiger partial charge in [0.1, 0.15) is 6.10 Å². The third-order valence-electron chi connectivity index (χ3n) is 6.66. The van der Waals surface area contributed by atoms with Crippen LogP contribution in [0.4, 0.5) is 27.8 Å². The molecule has 0 unspecified atom stereocenters. The van der Waals surface area contributed by atoms with Crippen molar-refractivity contribution in [1.29, 1.82) is 0 Å². The van der Waals surface area contributed by atoms with Gasteiger partial charge in [-0.25, -0.2) is 17.8 Å². The van der Waals surface area contributed by atoms with Gasteiger partial charge in [-0.15, -0.1) is 0 Å². The van der Waals surface area contributed by atoms with Crippen molar-refractivity contribution in [1.82, 2.24) is 9.97 Å². The molecule has 4 atom stereocenters. The van der Waals surface area contributed by atoms with Gasteiger partial charge in [-0.3, -0.25) is 9.52 Å². The number of aromatic nitrogens is 2. The van der Waals surface area contributed by atoms with Crippen molar-refractivity contribution in [3.8, 4) is 5.75 Å². The summed E-state index contributed by atoms with van der Waals surface area (Å²) in [5.41, 5.74) is -3.59. The molecule has 3 heterocycles. The lowest BCUT2D eigenvalue weighted by atomic mass is 9.76. The number of anilines is 1. The lowest BCUT2D eigenvalue weighted by molar-refractivity contribution is -0.275. The molecular weight excluding hydrogens is 525 g/mol. The van der Waals surface area contributed by atoms with E-state index >= 15 is 0 Å². The summed E-state index contributed by atoms with van der Waals surface area (Å²) < 4.78 is 107. The summed E-state index contributed by atoms with van der Waals surface area (Å²) in [7, 11) is -2.75. The van der Waals surface area contributed by atoms with Gasteiger partial charge < -0.3 is 14.5 Å². The first-order chi connectivity index (χ1) is 17.1. The van der Waals surface area contributed by atoms with Crippen molar-refractivity contribution in [2.24, 2.45) is 5.92 Å². The third kappa shape index (κ3) is 4.52. The molecule has 1 fully saturated rings. The number of nitrogens with zero attached hydrogens (tertiary/aromatic N) is 1. The lowest BCUT2D eigenvalue weighted by Crippen LogP contribution is -2.46. The summed E-state index contributed by atoms with van der Waals surface area (Å²) >= 11 is 0. The third-order valence-corrected chi connectivity index (χ3v) is 7.23. The van der Waals surface area contributed by atoms with E-state index in [1.165, 1.54) is 19.2 Å². The highest BCUT2D eigenvalue weighted by Gasteiger charge is 2.65. The van der Waals surface area contributed by atoms with E-state index in [2.05, 4.69) is 14.7 Å². The van der Waals surface area contributed by atoms with Crippen LogP contribution in [0.5, 0.6) is 5.75 Å². The minimum atomic E-state index is -4.86. The molecular formula is C23H22F5N3O5S. The topological polar surface area (TPSA) is 110 Å². The van der Waals surface area contributed by atoms with E-state index in [1.807, 2.05) is 0 Å². The van der Waals surface area contributed by atoms with Gasteiger partial charge in [0.15, 0.2) is 28.4 Å². The van der Waals surface area contributed by atoms with Crippen LogP contribution in [0.3, 0.4) is 0 Å². The predicted molar refractivity (Wildman–Crippen MR) is 124 cm³/mol. The van der Waals surface area contributed by atoms with E-state index < -0.39 is 62.6 Å². The Morgan fingerprint density at radius 2 is 1.89 bits per heavy atom. The molecule has 0 bridgehead atoms. The van der Waals surface area contributed by atoms with Gasteiger partial charge >= 0.3 is 6.18 Å². The number of nitrogens with one attached hydrogen (secondary N) is 2. The molecule has 0 aliphatic carbocycles. The van der Waals surface area contributed by atoms with Crippen LogP contribution in [0.15, 0.2) is 35.3 Å². The number of hydrogen-bond donors (Lipinski definition) is 2. The maximum absolute atomic E-state index is 14.6. The van der Waals surface area contributed by atoms with E-state index in [-0.39, 0.29) is 28.0 Å². The number of pyridine rings is 2. The number of alkyl halides is 3. The Bertz CT molecular complexity index is 1540. The van der Waals surface area contributed by atoms with Gasteiger partial charge in [0.25, 0.3) is 0 Å². The number of rotatable bonds is 5. The van der Waals surface area contributed by atoms with Gasteiger partial charge in [-0.05, 0) is 19.1 Å². The molecule has 2 aromatic heterocycles. The van der Waals surface area contributed by atoms with Crippen LogP contribution in [0.25, 0.3) is 10.9 Å². The van der Waals surface area contributed by atoms with Crippen LogP contribution in [0.1, 0.15) is 37.1 Å². The van der Waals surface area contributed by atoms with E-state index in [9.17, 15) is 35.2 Å². The molecule has 37 heavy (non-hydrogen) atoms. The molecule has 3 aromatic rings. The summed E-state index contributed by atoms with van der Waals surface area (Å²) in [5, 5.41) is -0.150. The van der Waals surface area contributed by atoms with Crippen LogP contribution in [-0.2, 0) is 14.8 Å². The second kappa shape index (κ2) is 8.94. The summed E-state index contributed by atoms with van der Waals surface area (Å²) in [6, 6.07) is 4.20. The van der Waals surface area contributed by atoms with Crippen LogP contribution < -0.4 is 14.9 Å². The van der Waals surface area contributed by atoms with Gasteiger partial charge in [-0.2, -0.15) is 17.6 Å². The fourth-order valence-corrected chi connectivity index (χ4v) is 5.21. The number of hydrogen-bond acceptors (Lipinski definition) is 6. The lowest BCUT2D eigenvalue weighted by Gasteiger charge is -2.32. The largest absolute Gasteiger partial charge is 0.493 e. The second-order valence-corrected chi connectivity index (χ2v) is 10.7. The number of ether oxygens (including phenoxy) is 2. The first-order valence-corrected chi connectivity index (χ1v) is 12.7. The molecule has 1 aromatic carbocycles. The van der Waals surface area contributed by atoms with Crippen LogP contribution in [0.2, 0.25) is 0 Å². The van der Waals surface area contributed by atoms with Crippen molar-refractivity contribution in [2.45, 2.75) is 37.6 Å². The standard InChI is InChI=1S/C23H22F5N3O5S/c1-10-16(11-5-6-12(24)18(25)19(11)35-3)20(36-22(10,2)23(26,27)28)14-9-15(32)17-13(30-14)7-8-29-21(17)31-37(4,33)34/h5-10,16,20H,1-4H3,(H,29,31)(H,30,32)/t10-,16-,20-,22+/m0/s1. The highest BCUT2D eigenvalue weighted by atomic mass is 32.2. The van der Waals surface area contributed by atoms with Crippen molar-refractivity contribution in [2.75, 3.05) is 18.1 Å². The Kier molecular flexibility index (Phi) is 6.47. The van der Waals surface area contributed by atoms with E-state index in [4.69, 9.17) is 9.47 Å². The van der Waals surface area contributed by atoms with Gasteiger partial charge in [0, 0.05) is 35.4 Å². The second-order valence-electron chi connectivity index (χ2n) is 8.99. The monoisotopic (exact) mass is 547 g/mol. The highest BCUT2D eigenvalue weighted by Crippen LogP contribution is 2.59. The maximum atomic E-state index is 14.6. The Labute approximate surface area is 207 Å². The van der Waals surface area contributed by atoms with Crippen LogP contribution in [0, 0.1) is 17.6 Å². The molecule has 0 radical (unpaired) electrons. The smallest absolute Gasteiger partial charge is 0.417 e. The molecule has 1 saturated heterocycles. The molecule has 0 amide bonds. The molecule has 0 saturated carbocycles. The molecule has 0 spiro atoms. The number of methoxy groups -OCH3 is 1. The maximum Gasteiger partial charge on any atom is 0.417 e. The average molecular weight is 548 g/mol. The number of halogens is 5. The molecule has 1 aliphatic heterocycles. The number of H-pyrrole nitrogens is 1. The minimum absolute atomic E-state index is 0.0662. The molecule has 200 valence electrons. The Balaban J connectivity index is 1.95. The van der Waals surface area contributed by atoms with Gasteiger partial charge in [0.05, 0.1) is 24.3 Å². The van der Waals surface area contributed by atoms with E-state index in [0.717, 1.165) is 38.5 Å². The van der Waals surface area contributed by atoms with Crippen molar-refractivity contribution < 1.29 is 39.8 Å². The molecule has 14 heteroatoms. The average Bonchev–Trinajstić information content (AvgIpc) is 3.06. The SMILES string of the molecule is COc1c([C@H]2[C@H](c3cc(=O)c4c(NS(C)(=O)=O)nccc4[nH]3)O[C@@](C)(C(F)(F)F)[C@H]2C)ccc(F)c1F. The van der Waals surface area contributed by atoms with Crippen molar-refractivity contribution >= 4 is 26.7 Å². The predicted octanol–water partition coefficient (Wildman–Crippen LogP) is 4.39. The zero-order chi connectivity index (χ0) is 27.5. The molecule has 8 nitrogen and oxygen atoms in total. The van der Waals surface area contributed by atoms with Gasteiger partial charge in [-0.1, -0.05) is 13.0 Å². The summed E-state index contributed by atoms with van der Waals surface area (Å²) in [6.07, 6.45) is -4.28. The summed E-state index contributed by atoms with van der Waals surface area (Å²) in [6.45, 7) is 2.10. The summed E-state index contributed by atoms with van der Waals surface area (Å²) in [4.78, 5) is 19.8. The van der Waals surface area contributed by atoms with E-state index in [1.54, 1.807) is 0 Å². The molecule has 1 aliphatic rings. The molecule has 2 N–H and O–H groups in total. The Morgan fingerprint density at radius 3 is 2.49 bits per heavy atom. The van der Waals surface area contributed by atoms with Crippen molar-refractivity contribution in [3.63, 3.8) is 0 Å². The minimum Gasteiger partial charge on any atom is -0.493 e. The Morgan fingerprint density at radius 1 is 1.22 bits per heavy atom. The quantitative estimate of drug-likeness (QED) is 0.459. The first-order valence-electron chi connectivity index (χ1n) is 10.8. The van der Waals surface area contributed by atoms with Gasteiger partial charge in [0.2, 0.25) is 15.8 Å². The van der Waals surface area contributed by atoms with Crippen molar-refractivity contribution in [3.05, 3.63) is 63.6 Å². The fourth-order valence-electron chi connectivity index (χ4n) is 4.71. The number of sulfonamides is 1. The number of benzene rings is 1. The Hall–Kier alpha value is -3.26. The zero-order valence-electron chi connectivity index (χ0n) is 19.9. The first kappa shape index (κ1) is 26.8. The van der Waals surface area contributed by atoms with E-state index in [0.29, 0.717) is 0 Å². The van der Waals surface area contributed by atoms with Crippen LogP contribution >= 0.6 is 0 Å².